The van der Waals surface area contributed by atoms with Crippen LogP contribution in [-0.2, 0) is 15.4 Å². The summed E-state index contributed by atoms with van der Waals surface area (Å²) >= 11 is 0. The third-order valence-electron chi connectivity index (χ3n) is 6.50. The third-order valence-corrected chi connectivity index (χ3v) is 7.72. The highest BCUT2D eigenvalue weighted by molar-refractivity contribution is 7.89. The summed E-state index contributed by atoms with van der Waals surface area (Å²) in [6.45, 7) is 7.72. The summed E-state index contributed by atoms with van der Waals surface area (Å²) in [6, 6.07) is 17.3. The van der Waals surface area contributed by atoms with Crippen LogP contribution in [0.1, 0.15) is 11.1 Å². The van der Waals surface area contributed by atoms with Crippen LogP contribution in [0.25, 0.3) is 0 Å². The molecule has 2 unspecified atom stereocenters. The highest BCUT2D eigenvalue weighted by Gasteiger charge is 2.53. The number of nitrogens with one attached hydrogen (secondary N) is 1. The van der Waals surface area contributed by atoms with Crippen LogP contribution in [0.5, 0.6) is 0 Å². The van der Waals surface area contributed by atoms with E-state index in [1.165, 1.54) is 5.56 Å². The molecule has 29 heavy (non-hydrogen) atoms. The first-order valence-electron chi connectivity index (χ1n) is 10.1. The average molecular weight is 411 g/mol. The molecule has 4 saturated heterocycles. The minimum atomic E-state index is -3.69. The number of hydrogen-bond acceptors (Lipinski definition) is 5. The third kappa shape index (κ3) is 3.27. The molecular weight excluding hydrogens is 384 g/mol. The van der Waals surface area contributed by atoms with E-state index < -0.39 is 10.0 Å². The van der Waals surface area contributed by atoms with Crippen LogP contribution >= 0.6 is 0 Å². The van der Waals surface area contributed by atoms with Crippen molar-refractivity contribution in [2.45, 2.75) is 17.2 Å². The Labute approximate surface area is 172 Å². The van der Waals surface area contributed by atoms with Crippen molar-refractivity contribution in [2.75, 3.05) is 39.3 Å². The monoisotopic (exact) mass is 410 g/mol. The average Bonchev–Trinajstić information content (AvgIpc) is 2.96. The molecule has 4 fully saturated rings. The first-order chi connectivity index (χ1) is 14.0. The van der Waals surface area contributed by atoms with Gasteiger partial charge in [-0.3, -0.25) is 0 Å². The maximum atomic E-state index is 12.8. The summed E-state index contributed by atoms with van der Waals surface area (Å²) in [6.07, 6.45) is 0. The first-order valence-corrected chi connectivity index (χ1v) is 11.6. The number of aryl methyl sites for hydroxylation is 1. The number of rotatable bonds is 4. The lowest BCUT2D eigenvalue weighted by atomic mass is 9.66. The van der Waals surface area contributed by atoms with Gasteiger partial charge in [-0.15, -0.1) is 0 Å². The molecular formula is C22H26N4O2S. The summed E-state index contributed by atoms with van der Waals surface area (Å²) < 4.78 is 25.7. The van der Waals surface area contributed by atoms with Gasteiger partial charge in [0.25, 0.3) is 10.0 Å². The van der Waals surface area contributed by atoms with E-state index >= 15 is 0 Å². The predicted octanol–water partition coefficient (Wildman–Crippen LogP) is 1.83. The molecule has 2 aromatic carbocycles. The van der Waals surface area contributed by atoms with Gasteiger partial charge in [-0.2, -0.15) is 13.5 Å². The van der Waals surface area contributed by atoms with Crippen LogP contribution in [0, 0.1) is 12.8 Å². The standard InChI is InChI=1S/C22H26N4O2S/c1-17-7-9-20(10-8-17)29(27,28)24-23-21-18-13-25-11-12-26(14-18)16-22(21,15-25)19-5-3-2-4-6-19/h2-10,18,24H,11-16H2,1H3. The fourth-order valence-corrected chi connectivity index (χ4v) is 5.96. The first kappa shape index (κ1) is 18.8. The van der Waals surface area contributed by atoms with Gasteiger partial charge in [0.05, 0.1) is 16.0 Å². The van der Waals surface area contributed by atoms with E-state index in [-0.39, 0.29) is 16.2 Å². The number of piperidine rings is 2. The molecule has 4 bridgehead atoms. The van der Waals surface area contributed by atoms with Crippen molar-refractivity contribution in [1.82, 2.24) is 14.6 Å². The van der Waals surface area contributed by atoms with E-state index in [1.807, 2.05) is 13.0 Å². The van der Waals surface area contributed by atoms with Crippen LogP contribution in [0.4, 0.5) is 0 Å². The molecule has 4 aliphatic heterocycles. The molecule has 4 heterocycles. The fraction of sp³-hybridized carbons (Fsp3) is 0.409. The van der Waals surface area contributed by atoms with E-state index in [0.29, 0.717) is 0 Å². The Kier molecular flexibility index (Phi) is 4.49. The minimum absolute atomic E-state index is 0.237. The normalized spacial score (nSPS) is 32.3. The molecule has 0 aliphatic carbocycles. The minimum Gasteiger partial charge on any atom is -0.300 e. The Bertz CT molecular complexity index is 1020. The summed E-state index contributed by atoms with van der Waals surface area (Å²) in [5, 5.41) is 4.61. The van der Waals surface area contributed by atoms with Gasteiger partial charge in [0.2, 0.25) is 0 Å². The smallest absolute Gasteiger partial charge is 0.276 e. The molecule has 0 saturated carbocycles. The summed E-state index contributed by atoms with van der Waals surface area (Å²) in [4.78, 5) is 7.83. The van der Waals surface area contributed by atoms with E-state index in [4.69, 9.17) is 0 Å². The van der Waals surface area contributed by atoms with Crippen molar-refractivity contribution in [3.05, 3.63) is 65.7 Å². The number of benzene rings is 2. The lowest BCUT2D eigenvalue weighted by molar-refractivity contribution is 0.163. The second-order valence-electron chi connectivity index (χ2n) is 8.52. The van der Waals surface area contributed by atoms with Gasteiger partial charge in [0, 0.05) is 45.2 Å². The zero-order valence-electron chi connectivity index (χ0n) is 16.6. The largest absolute Gasteiger partial charge is 0.300 e. The van der Waals surface area contributed by atoms with E-state index in [9.17, 15) is 8.42 Å². The molecule has 1 N–H and O–H groups in total. The zero-order valence-corrected chi connectivity index (χ0v) is 17.4. The van der Waals surface area contributed by atoms with Crippen molar-refractivity contribution >= 4 is 15.7 Å². The molecule has 7 heteroatoms. The van der Waals surface area contributed by atoms with Gasteiger partial charge in [-0.05, 0) is 24.6 Å². The van der Waals surface area contributed by atoms with E-state index in [1.54, 1.807) is 24.3 Å². The van der Waals surface area contributed by atoms with Crippen molar-refractivity contribution in [3.63, 3.8) is 0 Å². The molecule has 6 nitrogen and oxygen atoms in total. The van der Waals surface area contributed by atoms with Crippen LogP contribution in [0.2, 0.25) is 0 Å². The molecule has 2 aromatic rings. The van der Waals surface area contributed by atoms with Gasteiger partial charge >= 0.3 is 0 Å². The number of hydrazone groups is 1. The van der Waals surface area contributed by atoms with Gasteiger partial charge in [0.1, 0.15) is 0 Å². The molecule has 0 radical (unpaired) electrons. The maximum absolute atomic E-state index is 12.8. The second-order valence-corrected chi connectivity index (χ2v) is 10.2. The molecule has 6 rings (SSSR count). The molecule has 152 valence electrons. The number of nitrogens with zero attached hydrogens (tertiary/aromatic N) is 3. The SMILES string of the molecule is Cc1ccc(S(=O)(=O)NN=C2C3CN4CCN(C3)CC2(c2ccccc2)C4)cc1. The van der Waals surface area contributed by atoms with Crippen LogP contribution in [0.15, 0.2) is 64.6 Å². The van der Waals surface area contributed by atoms with Crippen molar-refractivity contribution < 1.29 is 8.42 Å². The summed E-state index contributed by atoms with van der Waals surface area (Å²) in [5.41, 5.74) is 2.95. The van der Waals surface area contributed by atoms with E-state index in [2.05, 4.69) is 44.0 Å². The van der Waals surface area contributed by atoms with Crippen molar-refractivity contribution in [2.24, 2.45) is 11.0 Å². The van der Waals surface area contributed by atoms with Crippen molar-refractivity contribution in [1.29, 1.82) is 0 Å². The number of hydrogen-bond donors (Lipinski definition) is 1. The molecule has 0 amide bonds. The van der Waals surface area contributed by atoms with Crippen LogP contribution in [-0.4, -0.2) is 63.2 Å². The number of sulfonamides is 1. The zero-order chi connectivity index (χ0) is 20.1. The Hall–Kier alpha value is -2.22. The van der Waals surface area contributed by atoms with Crippen molar-refractivity contribution in [3.8, 4) is 0 Å². The molecule has 4 aliphatic rings. The van der Waals surface area contributed by atoms with Gasteiger partial charge < -0.3 is 9.80 Å². The summed E-state index contributed by atoms with van der Waals surface area (Å²) in [7, 11) is -3.69. The Balaban J connectivity index is 1.55. The van der Waals surface area contributed by atoms with Crippen LogP contribution < -0.4 is 4.83 Å². The van der Waals surface area contributed by atoms with Gasteiger partial charge in [0.15, 0.2) is 0 Å². The Morgan fingerprint density at radius 3 is 2.21 bits per heavy atom. The second kappa shape index (κ2) is 6.93. The van der Waals surface area contributed by atoms with Crippen LogP contribution in [0.3, 0.4) is 0 Å². The highest BCUT2D eigenvalue weighted by Crippen LogP contribution is 2.41. The molecule has 0 spiro atoms. The lowest BCUT2D eigenvalue weighted by Gasteiger charge is -2.50. The fourth-order valence-electron chi connectivity index (χ4n) is 5.14. The lowest BCUT2D eigenvalue weighted by Crippen LogP contribution is -2.64. The predicted molar refractivity (Wildman–Crippen MR) is 113 cm³/mol. The summed E-state index contributed by atoms with van der Waals surface area (Å²) in [5.74, 6) is 0.237. The highest BCUT2D eigenvalue weighted by atomic mass is 32.2. The van der Waals surface area contributed by atoms with E-state index in [0.717, 1.165) is 50.5 Å². The number of fused-ring (bicyclic) bond motifs is 1. The maximum Gasteiger partial charge on any atom is 0.276 e. The Morgan fingerprint density at radius 2 is 1.59 bits per heavy atom. The topological polar surface area (TPSA) is 65.0 Å². The van der Waals surface area contributed by atoms with Gasteiger partial charge in [-0.25, -0.2) is 4.83 Å². The quantitative estimate of drug-likeness (QED) is 0.781. The Morgan fingerprint density at radius 1 is 0.966 bits per heavy atom. The van der Waals surface area contributed by atoms with Gasteiger partial charge in [-0.1, -0.05) is 48.0 Å². The molecule has 2 atom stereocenters. The molecule has 0 aromatic heterocycles.